The van der Waals surface area contributed by atoms with Gasteiger partial charge in [-0.3, -0.25) is 4.79 Å². The third kappa shape index (κ3) is 3.72. The second kappa shape index (κ2) is 7.32. The molecule has 2 heterocycles. The van der Waals surface area contributed by atoms with Crippen molar-refractivity contribution in [3.05, 3.63) is 60.0 Å². The second-order valence-electron chi connectivity index (χ2n) is 4.89. The smallest absolute Gasteiger partial charge is 0.256 e. The summed E-state index contributed by atoms with van der Waals surface area (Å²) in [5, 5.41) is 14.1. The summed E-state index contributed by atoms with van der Waals surface area (Å²) in [6, 6.07) is 12.2. The van der Waals surface area contributed by atoms with E-state index in [-0.39, 0.29) is 12.5 Å². The molecule has 1 amide bonds. The number of aromatic nitrogens is 5. The lowest BCUT2D eigenvalue weighted by Gasteiger charge is -2.07. The summed E-state index contributed by atoms with van der Waals surface area (Å²) in [6.07, 6.45) is 1.62. The molecule has 0 aliphatic carbocycles. The van der Waals surface area contributed by atoms with E-state index >= 15 is 0 Å². The molecule has 0 saturated heterocycles. The van der Waals surface area contributed by atoms with Gasteiger partial charge in [0.05, 0.1) is 0 Å². The summed E-state index contributed by atoms with van der Waals surface area (Å²) in [6.45, 7) is 2.90. The van der Waals surface area contributed by atoms with Gasteiger partial charge in [-0.25, -0.2) is 9.67 Å². The number of nitrogens with one attached hydrogen (secondary N) is 1. The first kappa shape index (κ1) is 15.6. The minimum absolute atomic E-state index is 0.227. The predicted octanol–water partition coefficient (Wildman–Crippen LogP) is 1.92. The topological polar surface area (TPSA) is 94.8 Å². The number of nitrogens with zero attached hydrogens (tertiary/aromatic N) is 5. The van der Waals surface area contributed by atoms with Crippen molar-refractivity contribution in [1.82, 2.24) is 25.2 Å². The van der Waals surface area contributed by atoms with Gasteiger partial charge < -0.3 is 10.1 Å². The lowest BCUT2D eigenvalue weighted by Crippen LogP contribution is -2.12. The van der Waals surface area contributed by atoms with Crippen molar-refractivity contribution < 1.29 is 9.53 Å². The lowest BCUT2D eigenvalue weighted by molar-refractivity contribution is 0.102. The highest BCUT2D eigenvalue weighted by molar-refractivity contribution is 6.03. The van der Waals surface area contributed by atoms with E-state index in [1.807, 2.05) is 13.0 Å². The molecule has 8 heteroatoms. The van der Waals surface area contributed by atoms with Gasteiger partial charge in [0.2, 0.25) is 0 Å². The van der Waals surface area contributed by atoms with Crippen molar-refractivity contribution in [2.24, 2.45) is 0 Å². The molecule has 0 aliphatic rings. The molecule has 1 N–H and O–H groups in total. The average molecular weight is 324 g/mol. The molecule has 8 nitrogen and oxygen atoms in total. The van der Waals surface area contributed by atoms with Crippen LogP contribution in [0.3, 0.4) is 0 Å². The Morgan fingerprint density at radius 1 is 1.21 bits per heavy atom. The van der Waals surface area contributed by atoms with Crippen molar-refractivity contribution in [1.29, 1.82) is 0 Å². The first-order valence-electron chi connectivity index (χ1n) is 7.46. The van der Waals surface area contributed by atoms with Crippen molar-refractivity contribution >= 4 is 11.7 Å². The maximum atomic E-state index is 12.1. The third-order valence-electron chi connectivity index (χ3n) is 3.30. The molecule has 0 bridgehead atoms. The van der Waals surface area contributed by atoms with Gasteiger partial charge in [-0.2, -0.15) is 0 Å². The highest BCUT2D eigenvalue weighted by atomic mass is 16.5. The van der Waals surface area contributed by atoms with Crippen LogP contribution in [0.4, 0.5) is 5.82 Å². The van der Waals surface area contributed by atoms with Gasteiger partial charge in [-0.05, 0) is 53.7 Å². The Morgan fingerprint density at radius 3 is 2.75 bits per heavy atom. The number of aryl methyl sites for hydroxylation is 1. The molecule has 0 aliphatic heterocycles. The van der Waals surface area contributed by atoms with Gasteiger partial charge >= 0.3 is 0 Å². The number of hydrogen-bond acceptors (Lipinski definition) is 6. The van der Waals surface area contributed by atoms with E-state index in [2.05, 4.69) is 25.8 Å². The largest absolute Gasteiger partial charge is 0.486 e. The molecule has 0 atom stereocenters. The number of pyridine rings is 1. The molecule has 0 unspecified atom stereocenters. The number of hydrogen-bond donors (Lipinski definition) is 1. The molecule has 1 aromatic carbocycles. The average Bonchev–Trinajstić information content (AvgIpc) is 3.09. The third-order valence-corrected chi connectivity index (χ3v) is 3.30. The summed E-state index contributed by atoms with van der Waals surface area (Å²) in [4.78, 5) is 16.2. The number of benzene rings is 1. The number of rotatable bonds is 6. The van der Waals surface area contributed by atoms with Crippen LogP contribution >= 0.6 is 0 Å². The quantitative estimate of drug-likeness (QED) is 0.744. The molecule has 2 aromatic heterocycles. The van der Waals surface area contributed by atoms with Crippen molar-refractivity contribution in [2.45, 2.75) is 20.1 Å². The van der Waals surface area contributed by atoms with E-state index < -0.39 is 0 Å². The summed E-state index contributed by atoms with van der Waals surface area (Å²) < 4.78 is 7.30. The minimum atomic E-state index is -0.227. The van der Waals surface area contributed by atoms with Crippen LogP contribution in [0.15, 0.2) is 48.7 Å². The maximum absolute atomic E-state index is 12.1. The number of ether oxygens (including phenoxy) is 1. The van der Waals surface area contributed by atoms with Gasteiger partial charge in [0, 0.05) is 18.3 Å². The molecule has 0 radical (unpaired) electrons. The highest BCUT2D eigenvalue weighted by Crippen LogP contribution is 2.14. The van der Waals surface area contributed by atoms with E-state index in [4.69, 9.17) is 4.74 Å². The number of anilines is 1. The zero-order valence-electron chi connectivity index (χ0n) is 13.1. The van der Waals surface area contributed by atoms with E-state index in [1.165, 1.54) is 0 Å². The summed E-state index contributed by atoms with van der Waals surface area (Å²) in [7, 11) is 0. The van der Waals surface area contributed by atoms with Crippen LogP contribution in [0.5, 0.6) is 5.75 Å². The minimum Gasteiger partial charge on any atom is -0.486 e. The molecule has 0 spiro atoms. The first-order valence-corrected chi connectivity index (χ1v) is 7.46. The number of amides is 1. The van der Waals surface area contributed by atoms with Crippen LogP contribution in [-0.4, -0.2) is 31.1 Å². The van der Waals surface area contributed by atoms with Crippen molar-refractivity contribution in [3.8, 4) is 5.75 Å². The molecule has 24 heavy (non-hydrogen) atoms. The van der Waals surface area contributed by atoms with E-state index in [0.717, 1.165) is 0 Å². The molecule has 3 rings (SSSR count). The number of tetrazole rings is 1. The standard InChI is InChI=1S/C16H16N6O2/c1-2-22-15(19-20-21-22)11-24-13-8-6-12(7-9-13)16(23)18-14-5-3-4-10-17-14/h3-10H,2,11H2,1H3,(H,17,18,23). The fourth-order valence-corrected chi connectivity index (χ4v) is 2.05. The lowest BCUT2D eigenvalue weighted by atomic mass is 10.2. The van der Waals surface area contributed by atoms with Crippen LogP contribution < -0.4 is 10.1 Å². The SMILES string of the molecule is CCn1nnnc1COc1ccc(C(=O)Nc2ccccn2)cc1. The predicted molar refractivity (Wildman–Crippen MR) is 86.5 cm³/mol. The normalized spacial score (nSPS) is 10.4. The fraction of sp³-hybridized carbons (Fsp3) is 0.188. The Morgan fingerprint density at radius 2 is 2.04 bits per heavy atom. The van der Waals surface area contributed by atoms with Gasteiger partial charge in [-0.1, -0.05) is 6.07 Å². The summed E-state index contributed by atoms with van der Waals surface area (Å²) >= 11 is 0. The monoisotopic (exact) mass is 324 g/mol. The Kier molecular flexibility index (Phi) is 4.76. The van der Waals surface area contributed by atoms with Crippen LogP contribution in [0.1, 0.15) is 23.1 Å². The Bertz CT molecular complexity index is 801. The van der Waals surface area contributed by atoms with Gasteiger partial charge in [0.25, 0.3) is 5.91 Å². The van der Waals surface area contributed by atoms with Crippen LogP contribution in [0.25, 0.3) is 0 Å². The van der Waals surface area contributed by atoms with Crippen molar-refractivity contribution in [3.63, 3.8) is 0 Å². The van der Waals surface area contributed by atoms with E-state index in [1.54, 1.807) is 47.3 Å². The number of carbonyl (C=O) groups excluding carboxylic acids is 1. The molecule has 122 valence electrons. The molecule has 3 aromatic rings. The first-order chi connectivity index (χ1) is 11.8. The highest BCUT2D eigenvalue weighted by Gasteiger charge is 2.08. The molecular weight excluding hydrogens is 308 g/mol. The fourth-order valence-electron chi connectivity index (χ4n) is 2.05. The Balaban J connectivity index is 1.60. The molecular formula is C16H16N6O2. The molecule has 0 fully saturated rings. The van der Waals surface area contributed by atoms with Gasteiger partial charge in [0.15, 0.2) is 5.82 Å². The summed E-state index contributed by atoms with van der Waals surface area (Å²) in [5.74, 6) is 1.56. The summed E-state index contributed by atoms with van der Waals surface area (Å²) in [5.41, 5.74) is 0.520. The zero-order valence-corrected chi connectivity index (χ0v) is 13.1. The Hall–Kier alpha value is -3.29. The molecule has 0 saturated carbocycles. The number of carbonyl (C=O) groups is 1. The zero-order chi connectivity index (χ0) is 16.8. The van der Waals surface area contributed by atoms with Crippen LogP contribution in [0.2, 0.25) is 0 Å². The van der Waals surface area contributed by atoms with Crippen molar-refractivity contribution in [2.75, 3.05) is 5.32 Å². The Labute approximate surface area is 138 Å². The van der Waals surface area contributed by atoms with Gasteiger partial charge in [0.1, 0.15) is 18.2 Å². The second-order valence-corrected chi connectivity index (χ2v) is 4.89. The van der Waals surface area contributed by atoms with Crippen LogP contribution in [0, 0.1) is 0 Å². The maximum Gasteiger partial charge on any atom is 0.256 e. The van der Waals surface area contributed by atoms with E-state index in [9.17, 15) is 4.79 Å². The van der Waals surface area contributed by atoms with E-state index in [0.29, 0.717) is 29.5 Å². The van der Waals surface area contributed by atoms with Gasteiger partial charge in [-0.15, -0.1) is 5.10 Å². The van der Waals surface area contributed by atoms with Crippen LogP contribution in [-0.2, 0) is 13.2 Å².